The maximum Gasteiger partial charge on any atom is 0.417 e. The van der Waals surface area contributed by atoms with Gasteiger partial charge in [0.25, 0.3) is 0 Å². The van der Waals surface area contributed by atoms with Gasteiger partial charge in [-0.2, -0.15) is 13.2 Å². The van der Waals surface area contributed by atoms with Gasteiger partial charge < -0.3 is 9.84 Å². The van der Waals surface area contributed by atoms with Crippen LogP contribution in [0.2, 0.25) is 0 Å². The molecule has 0 aliphatic carbocycles. The van der Waals surface area contributed by atoms with E-state index < -0.39 is 11.7 Å². The molecule has 1 aromatic heterocycles. The van der Waals surface area contributed by atoms with E-state index in [0.717, 1.165) is 61.1 Å². The SMILES string of the molecule is C=C(C)c1ccc(C)c(O)c1.CCCCC(CCC)Oc1ccc(C(F)(F)F)cn1. The second-order valence-electron chi connectivity index (χ2n) is 7.34. The van der Waals surface area contributed by atoms with Crippen LogP contribution in [0.5, 0.6) is 11.6 Å². The van der Waals surface area contributed by atoms with Crippen LogP contribution in [0.25, 0.3) is 5.57 Å². The van der Waals surface area contributed by atoms with Gasteiger partial charge >= 0.3 is 6.18 Å². The van der Waals surface area contributed by atoms with Crippen molar-refractivity contribution in [1.29, 1.82) is 0 Å². The van der Waals surface area contributed by atoms with E-state index in [-0.39, 0.29) is 12.0 Å². The number of aromatic nitrogens is 1. The average molecular weight is 424 g/mol. The molecule has 0 radical (unpaired) electrons. The van der Waals surface area contributed by atoms with E-state index >= 15 is 0 Å². The summed E-state index contributed by atoms with van der Waals surface area (Å²) in [5, 5.41) is 9.31. The van der Waals surface area contributed by atoms with E-state index in [1.807, 2.05) is 26.0 Å². The van der Waals surface area contributed by atoms with Crippen LogP contribution in [-0.4, -0.2) is 16.2 Å². The molecule has 0 fully saturated rings. The first-order valence-corrected chi connectivity index (χ1v) is 10.2. The van der Waals surface area contributed by atoms with Crippen LogP contribution >= 0.6 is 0 Å². The molecule has 2 rings (SSSR count). The number of pyridine rings is 1. The van der Waals surface area contributed by atoms with Crippen LogP contribution in [0, 0.1) is 6.92 Å². The lowest BCUT2D eigenvalue weighted by Gasteiger charge is -2.17. The minimum atomic E-state index is -4.35. The van der Waals surface area contributed by atoms with Gasteiger partial charge in [-0.15, -0.1) is 0 Å². The Hall–Kier alpha value is -2.50. The van der Waals surface area contributed by atoms with Crippen molar-refractivity contribution in [3.05, 3.63) is 59.8 Å². The minimum absolute atomic E-state index is 0.0363. The molecule has 0 aliphatic heterocycles. The summed E-state index contributed by atoms with van der Waals surface area (Å²) in [6.07, 6.45) is 1.41. The van der Waals surface area contributed by atoms with Crippen LogP contribution in [0.3, 0.4) is 0 Å². The Morgan fingerprint density at radius 1 is 1.13 bits per heavy atom. The fraction of sp³-hybridized carbons (Fsp3) is 0.458. The van der Waals surface area contributed by atoms with E-state index in [4.69, 9.17) is 4.74 Å². The molecule has 6 heteroatoms. The fourth-order valence-electron chi connectivity index (χ4n) is 2.68. The molecule has 30 heavy (non-hydrogen) atoms. The molecule has 1 atom stereocenters. The minimum Gasteiger partial charge on any atom is -0.508 e. The molecule has 0 saturated heterocycles. The standard InChI is InChI=1S/C14H20F3NO.C10H12O/c1-3-5-7-12(6-4-2)19-13-9-8-11(10-18-13)14(15,16)17;1-7(2)9-5-4-8(3)10(11)6-9/h8-10,12H,3-7H2,1-2H3;4-6,11H,1H2,2-3H3. The number of unbranched alkanes of at least 4 members (excludes halogenated alkanes) is 1. The van der Waals surface area contributed by atoms with Crippen molar-refractivity contribution < 1.29 is 23.0 Å². The van der Waals surface area contributed by atoms with Crippen LogP contribution in [0.15, 0.2) is 43.1 Å². The number of aromatic hydroxyl groups is 1. The average Bonchev–Trinajstić information content (AvgIpc) is 2.68. The van der Waals surface area contributed by atoms with E-state index in [2.05, 4.69) is 25.4 Å². The zero-order valence-electron chi connectivity index (χ0n) is 18.2. The molecule has 1 heterocycles. The summed E-state index contributed by atoms with van der Waals surface area (Å²) in [5.41, 5.74) is 2.11. The number of phenolic OH excluding ortho intramolecular Hbond substituents is 1. The van der Waals surface area contributed by atoms with Gasteiger partial charge in [0.1, 0.15) is 11.9 Å². The molecular weight excluding hydrogens is 391 g/mol. The number of benzene rings is 1. The van der Waals surface area contributed by atoms with Crippen LogP contribution in [-0.2, 0) is 6.18 Å². The molecule has 2 aromatic rings. The lowest BCUT2D eigenvalue weighted by Crippen LogP contribution is -2.17. The van der Waals surface area contributed by atoms with Gasteiger partial charge in [-0.3, -0.25) is 0 Å². The van der Waals surface area contributed by atoms with Crippen molar-refractivity contribution in [3.8, 4) is 11.6 Å². The van der Waals surface area contributed by atoms with E-state index in [1.54, 1.807) is 6.07 Å². The van der Waals surface area contributed by atoms with Gasteiger partial charge in [0.15, 0.2) is 0 Å². The summed E-state index contributed by atoms with van der Waals surface area (Å²) in [6.45, 7) is 11.7. The number of alkyl halides is 3. The number of ether oxygens (including phenoxy) is 1. The van der Waals surface area contributed by atoms with E-state index in [9.17, 15) is 18.3 Å². The summed E-state index contributed by atoms with van der Waals surface area (Å²) < 4.78 is 42.8. The molecule has 1 aromatic carbocycles. The first-order valence-electron chi connectivity index (χ1n) is 10.2. The number of hydrogen-bond acceptors (Lipinski definition) is 3. The number of allylic oxidation sites excluding steroid dienone is 1. The molecule has 1 unspecified atom stereocenters. The normalized spacial score (nSPS) is 12.0. The number of aryl methyl sites for hydroxylation is 1. The van der Waals surface area contributed by atoms with Crippen molar-refractivity contribution >= 4 is 5.57 Å². The van der Waals surface area contributed by atoms with Crippen molar-refractivity contribution in [2.24, 2.45) is 0 Å². The van der Waals surface area contributed by atoms with Gasteiger partial charge in [-0.1, -0.05) is 57.4 Å². The lowest BCUT2D eigenvalue weighted by atomic mass is 10.1. The highest BCUT2D eigenvalue weighted by molar-refractivity contribution is 5.63. The number of halogens is 3. The summed E-state index contributed by atoms with van der Waals surface area (Å²) in [5.74, 6) is 0.605. The van der Waals surface area contributed by atoms with Crippen molar-refractivity contribution in [2.45, 2.75) is 72.1 Å². The van der Waals surface area contributed by atoms with Gasteiger partial charge in [-0.25, -0.2) is 4.98 Å². The highest BCUT2D eigenvalue weighted by atomic mass is 19.4. The predicted molar refractivity (Wildman–Crippen MR) is 116 cm³/mol. The maximum absolute atomic E-state index is 12.4. The van der Waals surface area contributed by atoms with Crippen molar-refractivity contribution in [2.75, 3.05) is 0 Å². The summed E-state index contributed by atoms with van der Waals surface area (Å²) in [7, 11) is 0. The lowest BCUT2D eigenvalue weighted by molar-refractivity contribution is -0.137. The third-order valence-corrected chi connectivity index (χ3v) is 4.54. The molecule has 166 valence electrons. The Kier molecular flexibility index (Phi) is 10.4. The Balaban J connectivity index is 0.000000346. The van der Waals surface area contributed by atoms with Gasteiger partial charge in [0.2, 0.25) is 5.88 Å². The fourth-order valence-corrected chi connectivity index (χ4v) is 2.68. The summed E-state index contributed by atoms with van der Waals surface area (Å²) in [6, 6.07) is 7.87. The van der Waals surface area contributed by atoms with Gasteiger partial charge in [0, 0.05) is 12.3 Å². The first kappa shape index (κ1) is 25.5. The summed E-state index contributed by atoms with van der Waals surface area (Å²) in [4.78, 5) is 3.73. The molecule has 0 spiro atoms. The maximum atomic E-state index is 12.4. The van der Waals surface area contributed by atoms with Crippen LogP contribution in [0.4, 0.5) is 13.2 Å². The second kappa shape index (κ2) is 12.3. The highest BCUT2D eigenvalue weighted by Crippen LogP contribution is 2.29. The zero-order chi connectivity index (χ0) is 22.7. The van der Waals surface area contributed by atoms with E-state index in [1.165, 1.54) is 6.07 Å². The highest BCUT2D eigenvalue weighted by Gasteiger charge is 2.30. The molecule has 0 saturated carbocycles. The largest absolute Gasteiger partial charge is 0.508 e. The quantitative estimate of drug-likeness (QED) is 0.476. The van der Waals surface area contributed by atoms with Crippen molar-refractivity contribution in [3.63, 3.8) is 0 Å². The third kappa shape index (κ3) is 8.89. The predicted octanol–water partition coefficient (Wildman–Crippen LogP) is 7.57. The first-order chi connectivity index (χ1) is 14.1. The summed E-state index contributed by atoms with van der Waals surface area (Å²) >= 11 is 0. The smallest absolute Gasteiger partial charge is 0.417 e. The Labute approximate surface area is 177 Å². The zero-order valence-corrected chi connectivity index (χ0v) is 18.2. The molecule has 0 amide bonds. The monoisotopic (exact) mass is 423 g/mol. The molecule has 1 N–H and O–H groups in total. The third-order valence-electron chi connectivity index (χ3n) is 4.54. The molecule has 3 nitrogen and oxygen atoms in total. The number of nitrogens with zero attached hydrogens (tertiary/aromatic N) is 1. The molecule has 0 aliphatic rings. The van der Waals surface area contributed by atoms with E-state index in [0.29, 0.717) is 5.75 Å². The number of hydrogen-bond donors (Lipinski definition) is 1. The Bertz CT molecular complexity index is 786. The molecular formula is C24H32F3NO2. The number of rotatable bonds is 8. The topological polar surface area (TPSA) is 42.4 Å². The van der Waals surface area contributed by atoms with Crippen LogP contribution < -0.4 is 4.74 Å². The number of phenols is 1. The Morgan fingerprint density at radius 3 is 2.30 bits per heavy atom. The van der Waals surface area contributed by atoms with Crippen LogP contribution in [0.1, 0.15) is 69.6 Å². The Morgan fingerprint density at radius 2 is 1.83 bits per heavy atom. The molecule has 0 bridgehead atoms. The van der Waals surface area contributed by atoms with Gasteiger partial charge in [-0.05, 0) is 49.9 Å². The van der Waals surface area contributed by atoms with Crippen molar-refractivity contribution in [1.82, 2.24) is 4.98 Å². The van der Waals surface area contributed by atoms with Gasteiger partial charge in [0.05, 0.1) is 5.56 Å². The second-order valence-corrected chi connectivity index (χ2v) is 7.34.